The molecule has 1 rings (SSSR count). The van der Waals surface area contributed by atoms with E-state index in [2.05, 4.69) is 0 Å². The van der Waals surface area contributed by atoms with Crippen molar-refractivity contribution in [1.29, 1.82) is 0 Å². The van der Waals surface area contributed by atoms with Gasteiger partial charge in [0.15, 0.2) is 0 Å². The van der Waals surface area contributed by atoms with Crippen LogP contribution in [0.2, 0.25) is 0 Å². The molecule has 9 heavy (non-hydrogen) atoms. The van der Waals surface area contributed by atoms with Gasteiger partial charge in [0.1, 0.15) is 6.04 Å². The van der Waals surface area contributed by atoms with Crippen LogP contribution in [0.5, 0.6) is 0 Å². The summed E-state index contributed by atoms with van der Waals surface area (Å²) in [5.74, 6) is -1.01. The molecule has 0 spiro atoms. The topological polar surface area (TPSA) is 57.6 Å². The van der Waals surface area contributed by atoms with E-state index in [1.165, 1.54) is 11.9 Å². The maximum atomic E-state index is 10.4. The zero-order valence-corrected chi connectivity index (χ0v) is 5.00. The second kappa shape index (κ2) is 1.72. The molecule has 0 saturated carbocycles. The van der Waals surface area contributed by atoms with Crippen molar-refractivity contribution in [2.24, 2.45) is 0 Å². The Morgan fingerprint density at radius 2 is 2.44 bits per heavy atom. The molecule has 0 unspecified atom stereocenters. The molecule has 0 aromatic carbocycles. The Balaban J connectivity index is 2.51. The molecule has 0 aliphatic carbocycles. The third-order valence-corrected chi connectivity index (χ3v) is 1.51. The Labute approximate surface area is 52.1 Å². The van der Waals surface area contributed by atoms with Crippen LogP contribution in [0.15, 0.2) is 0 Å². The van der Waals surface area contributed by atoms with Crippen molar-refractivity contribution in [3.63, 3.8) is 0 Å². The van der Waals surface area contributed by atoms with E-state index in [0.717, 1.165) is 0 Å². The van der Waals surface area contributed by atoms with Crippen molar-refractivity contribution in [3.05, 3.63) is 0 Å². The lowest BCUT2D eigenvalue weighted by atomic mass is 10.0. The zero-order chi connectivity index (χ0) is 7.02. The Bertz CT molecular complexity index is 166. The van der Waals surface area contributed by atoms with Gasteiger partial charge >= 0.3 is 5.97 Å². The van der Waals surface area contributed by atoms with Crippen LogP contribution >= 0.6 is 0 Å². The minimum absolute atomic E-state index is 0.0950. The molecular formula is C5H7NO3. The van der Waals surface area contributed by atoms with Crippen molar-refractivity contribution >= 4 is 11.9 Å². The van der Waals surface area contributed by atoms with E-state index in [1.807, 2.05) is 0 Å². The number of amides is 1. The molecule has 1 fully saturated rings. The van der Waals surface area contributed by atoms with E-state index in [-0.39, 0.29) is 12.3 Å². The number of rotatable bonds is 1. The van der Waals surface area contributed by atoms with Crippen molar-refractivity contribution in [1.82, 2.24) is 4.90 Å². The summed E-state index contributed by atoms with van der Waals surface area (Å²) in [5, 5.41) is 8.33. The minimum Gasteiger partial charge on any atom is -0.480 e. The fourth-order valence-electron chi connectivity index (χ4n) is 0.761. The summed E-state index contributed by atoms with van der Waals surface area (Å²) in [6.45, 7) is 0. The van der Waals surface area contributed by atoms with Gasteiger partial charge in [-0.3, -0.25) is 4.79 Å². The van der Waals surface area contributed by atoms with E-state index < -0.39 is 12.0 Å². The van der Waals surface area contributed by atoms with Gasteiger partial charge < -0.3 is 10.0 Å². The molecule has 0 bridgehead atoms. The van der Waals surface area contributed by atoms with Crippen LogP contribution in [-0.2, 0) is 9.59 Å². The van der Waals surface area contributed by atoms with E-state index in [9.17, 15) is 9.59 Å². The van der Waals surface area contributed by atoms with Crippen LogP contribution in [0.3, 0.4) is 0 Å². The summed E-state index contributed by atoms with van der Waals surface area (Å²) >= 11 is 0. The summed E-state index contributed by atoms with van der Waals surface area (Å²) in [4.78, 5) is 21.8. The molecule has 50 valence electrons. The number of nitrogens with zero attached hydrogens (tertiary/aromatic N) is 1. The highest BCUT2D eigenvalue weighted by Gasteiger charge is 2.38. The summed E-state index contributed by atoms with van der Waals surface area (Å²) < 4.78 is 0. The Kier molecular flexibility index (Phi) is 1.16. The standard InChI is InChI=1S/C5H7NO3/c1-6-3(5(8)9)2-4(6)7/h3H,2H2,1H3,(H,8,9)/t3-/m1/s1. The average Bonchev–Trinajstić information content (AvgIpc) is 1.81. The third-order valence-electron chi connectivity index (χ3n) is 1.51. The highest BCUT2D eigenvalue weighted by atomic mass is 16.4. The molecule has 1 amide bonds. The Morgan fingerprint density at radius 3 is 2.56 bits per heavy atom. The number of hydrogen-bond acceptors (Lipinski definition) is 2. The maximum absolute atomic E-state index is 10.4. The Hall–Kier alpha value is -1.06. The van der Waals surface area contributed by atoms with E-state index in [0.29, 0.717) is 0 Å². The third kappa shape index (κ3) is 0.759. The largest absolute Gasteiger partial charge is 0.480 e. The van der Waals surface area contributed by atoms with Crippen molar-refractivity contribution in [2.45, 2.75) is 12.5 Å². The fourth-order valence-corrected chi connectivity index (χ4v) is 0.761. The molecular weight excluding hydrogens is 122 g/mol. The van der Waals surface area contributed by atoms with Crippen molar-refractivity contribution in [3.8, 4) is 0 Å². The van der Waals surface area contributed by atoms with Gasteiger partial charge in [0.2, 0.25) is 5.91 Å². The smallest absolute Gasteiger partial charge is 0.326 e. The number of aliphatic carboxylic acids is 1. The summed E-state index contributed by atoms with van der Waals surface area (Å²) in [7, 11) is 1.49. The lowest BCUT2D eigenvalue weighted by molar-refractivity contribution is -0.160. The summed E-state index contributed by atoms with van der Waals surface area (Å²) in [5.41, 5.74) is 0. The molecule has 4 nitrogen and oxygen atoms in total. The highest BCUT2D eigenvalue weighted by molar-refractivity contribution is 5.93. The number of carboxylic acid groups (broad SMARTS) is 1. The van der Waals surface area contributed by atoms with Crippen LogP contribution in [0.4, 0.5) is 0 Å². The second-order valence-corrected chi connectivity index (χ2v) is 2.06. The first-order valence-electron chi connectivity index (χ1n) is 2.61. The first-order valence-corrected chi connectivity index (χ1v) is 2.61. The first-order chi connectivity index (χ1) is 4.13. The number of carbonyl (C=O) groups excluding carboxylic acids is 1. The molecule has 1 N–H and O–H groups in total. The number of likely N-dealkylation sites (tertiary alicyclic amines) is 1. The van der Waals surface area contributed by atoms with Crippen LogP contribution in [-0.4, -0.2) is 35.0 Å². The van der Waals surface area contributed by atoms with Gasteiger partial charge in [-0.15, -0.1) is 0 Å². The van der Waals surface area contributed by atoms with E-state index >= 15 is 0 Å². The van der Waals surface area contributed by atoms with E-state index in [4.69, 9.17) is 5.11 Å². The molecule has 0 aromatic heterocycles. The monoisotopic (exact) mass is 129 g/mol. The zero-order valence-electron chi connectivity index (χ0n) is 5.00. The first kappa shape index (κ1) is 6.07. The number of hydrogen-bond donors (Lipinski definition) is 1. The molecule has 1 heterocycles. The van der Waals surface area contributed by atoms with E-state index in [1.54, 1.807) is 0 Å². The number of carbonyl (C=O) groups is 2. The summed E-state index contributed by atoms with van der Waals surface area (Å²) in [6.07, 6.45) is 0.159. The fraction of sp³-hybridized carbons (Fsp3) is 0.600. The normalized spacial score (nSPS) is 25.7. The average molecular weight is 129 g/mol. The molecule has 0 radical (unpaired) electrons. The SMILES string of the molecule is CN1C(=O)C[C@@H]1C(=O)O. The highest BCUT2D eigenvalue weighted by Crippen LogP contribution is 2.15. The summed E-state index contributed by atoms with van der Waals surface area (Å²) in [6, 6.07) is -0.572. The Morgan fingerprint density at radius 1 is 1.89 bits per heavy atom. The van der Waals surface area contributed by atoms with Gasteiger partial charge in [0.25, 0.3) is 0 Å². The number of β-lactam (4-membered cyclic amide) rings is 1. The van der Waals surface area contributed by atoms with Gasteiger partial charge in [-0.2, -0.15) is 0 Å². The number of likely N-dealkylation sites (N-methyl/N-ethyl adjacent to an activating group) is 1. The predicted octanol–water partition coefficient (Wildman–Crippen LogP) is -0.698. The minimum atomic E-state index is -0.919. The van der Waals surface area contributed by atoms with Crippen molar-refractivity contribution < 1.29 is 14.7 Å². The van der Waals surface area contributed by atoms with Gasteiger partial charge in [-0.05, 0) is 0 Å². The molecule has 1 aliphatic heterocycles. The number of carboxylic acids is 1. The molecule has 1 saturated heterocycles. The van der Waals surface area contributed by atoms with Gasteiger partial charge in [0, 0.05) is 7.05 Å². The lowest BCUT2D eigenvalue weighted by Gasteiger charge is -2.33. The van der Waals surface area contributed by atoms with Gasteiger partial charge in [0.05, 0.1) is 6.42 Å². The van der Waals surface area contributed by atoms with Crippen LogP contribution in [0.1, 0.15) is 6.42 Å². The lowest BCUT2D eigenvalue weighted by Crippen LogP contribution is -2.54. The molecule has 0 aromatic rings. The molecule has 1 aliphatic rings. The quantitative estimate of drug-likeness (QED) is 0.476. The van der Waals surface area contributed by atoms with Gasteiger partial charge in [-0.25, -0.2) is 4.79 Å². The van der Waals surface area contributed by atoms with Crippen LogP contribution < -0.4 is 0 Å². The second-order valence-electron chi connectivity index (χ2n) is 2.06. The van der Waals surface area contributed by atoms with Crippen LogP contribution in [0, 0.1) is 0 Å². The molecule has 1 atom stereocenters. The predicted molar refractivity (Wildman–Crippen MR) is 28.8 cm³/mol. The maximum Gasteiger partial charge on any atom is 0.326 e. The van der Waals surface area contributed by atoms with Crippen LogP contribution in [0.25, 0.3) is 0 Å². The van der Waals surface area contributed by atoms with Gasteiger partial charge in [-0.1, -0.05) is 0 Å². The van der Waals surface area contributed by atoms with Crippen molar-refractivity contribution in [2.75, 3.05) is 7.05 Å². The molecule has 4 heteroatoms.